The van der Waals surface area contributed by atoms with Crippen LogP contribution in [0.5, 0.6) is 0 Å². The van der Waals surface area contributed by atoms with E-state index < -0.39 is 0 Å². The highest BCUT2D eigenvalue weighted by atomic mass is 16.5. The third kappa shape index (κ3) is 2.83. The molecule has 0 unspecified atom stereocenters. The Hall–Kier alpha value is -2.83. The summed E-state index contributed by atoms with van der Waals surface area (Å²) in [6.45, 7) is 5.75. The molecule has 1 aromatic heterocycles. The topological polar surface area (TPSA) is 78.7 Å². The van der Waals surface area contributed by atoms with Crippen molar-refractivity contribution in [1.82, 2.24) is 15.4 Å². The third-order valence-corrected chi connectivity index (χ3v) is 5.09. The first kappa shape index (κ1) is 16.6. The largest absolute Gasteiger partial charge is 0.359 e. The number of hydrogen-bond acceptors (Lipinski definition) is 4. The summed E-state index contributed by atoms with van der Waals surface area (Å²) in [5.41, 5.74) is 3.17. The Balaban J connectivity index is 1.62. The van der Waals surface area contributed by atoms with E-state index in [9.17, 15) is 9.59 Å². The number of aryl methyl sites for hydroxylation is 2. The van der Waals surface area contributed by atoms with Crippen LogP contribution in [-0.2, 0) is 0 Å². The minimum absolute atomic E-state index is 0.0394. The first-order chi connectivity index (χ1) is 12.5. The van der Waals surface area contributed by atoms with Crippen molar-refractivity contribution in [3.8, 4) is 0 Å². The van der Waals surface area contributed by atoms with E-state index in [1.165, 1.54) is 0 Å². The van der Waals surface area contributed by atoms with Crippen molar-refractivity contribution in [1.29, 1.82) is 0 Å². The fraction of sp³-hybridized carbons (Fsp3) is 0.421. The SMILES string of the molecule is Cc1cc([C@H]2CCCN2C(=O)c2ccc(C)c(N3CCNC3=O)c2)on1. The molecule has 7 heteroatoms. The van der Waals surface area contributed by atoms with Crippen molar-refractivity contribution in [3.63, 3.8) is 0 Å². The summed E-state index contributed by atoms with van der Waals surface area (Å²) in [5.74, 6) is 0.696. The normalized spacial score (nSPS) is 19.9. The van der Waals surface area contributed by atoms with Crippen molar-refractivity contribution in [3.05, 3.63) is 46.8 Å². The van der Waals surface area contributed by atoms with Gasteiger partial charge in [-0.25, -0.2) is 4.79 Å². The van der Waals surface area contributed by atoms with Gasteiger partial charge in [-0.1, -0.05) is 11.2 Å². The smallest absolute Gasteiger partial charge is 0.322 e. The van der Waals surface area contributed by atoms with Crippen LogP contribution in [0.4, 0.5) is 10.5 Å². The molecule has 4 rings (SSSR count). The number of hydrogen-bond donors (Lipinski definition) is 1. The minimum atomic E-state index is -0.117. The van der Waals surface area contributed by atoms with Gasteiger partial charge in [0.05, 0.1) is 11.7 Å². The molecule has 1 aromatic carbocycles. The molecule has 0 radical (unpaired) electrons. The number of aromatic nitrogens is 1. The standard InChI is InChI=1S/C19H22N4O3/c1-12-5-6-14(11-16(12)23-9-7-20-19(23)25)18(24)22-8-3-4-15(22)17-10-13(2)21-26-17/h5-6,10-11,15H,3-4,7-9H2,1-2H3,(H,20,25)/t15-/m1/s1. The first-order valence-corrected chi connectivity index (χ1v) is 8.95. The summed E-state index contributed by atoms with van der Waals surface area (Å²) in [5, 5.41) is 6.75. The van der Waals surface area contributed by atoms with Crippen LogP contribution in [0.2, 0.25) is 0 Å². The molecule has 2 fully saturated rings. The van der Waals surface area contributed by atoms with Gasteiger partial charge >= 0.3 is 6.03 Å². The van der Waals surface area contributed by atoms with E-state index in [-0.39, 0.29) is 18.0 Å². The lowest BCUT2D eigenvalue weighted by Gasteiger charge is -2.24. The van der Waals surface area contributed by atoms with Gasteiger partial charge in [-0.05, 0) is 44.4 Å². The average molecular weight is 354 g/mol. The van der Waals surface area contributed by atoms with Crippen molar-refractivity contribution in [2.24, 2.45) is 0 Å². The van der Waals surface area contributed by atoms with E-state index in [4.69, 9.17) is 4.52 Å². The number of benzene rings is 1. The Morgan fingerprint density at radius 1 is 1.27 bits per heavy atom. The second kappa shape index (κ2) is 6.48. The number of nitrogens with zero attached hydrogens (tertiary/aromatic N) is 3. The molecule has 26 heavy (non-hydrogen) atoms. The Labute approximate surface area is 151 Å². The number of rotatable bonds is 3. The van der Waals surface area contributed by atoms with Gasteiger partial charge in [-0.3, -0.25) is 9.69 Å². The van der Waals surface area contributed by atoms with Crippen LogP contribution in [0.1, 0.15) is 46.3 Å². The van der Waals surface area contributed by atoms with Crippen LogP contribution >= 0.6 is 0 Å². The van der Waals surface area contributed by atoms with Gasteiger partial charge in [0.25, 0.3) is 5.91 Å². The van der Waals surface area contributed by atoms with E-state index in [0.29, 0.717) is 25.2 Å². The maximum Gasteiger partial charge on any atom is 0.322 e. The zero-order valence-corrected chi connectivity index (χ0v) is 15.0. The average Bonchev–Trinajstić information content (AvgIpc) is 3.35. The summed E-state index contributed by atoms with van der Waals surface area (Å²) in [7, 11) is 0. The quantitative estimate of drug-likeness (QED) is 0.919. The van der Waals surface area contributed by atoms with Crippen molar-refractivity contribution < 1.29 is 14.1 Å². The summed E-state index contributed by atoms with van der Waals surface area (Å²) in [6, 6.07) is 7.25. The van der Waals surface area contributed by atoms with Crippen molar-refractivity contribution >= 4 is 17.6 Å². The van der Waals surface area contributed by atoms with Crippen molar-refractivity contribution in [2.75, 3.05) is 24.5 Å². The molecule has 0 spiro atoms. The lowest BCUT2D eigenvalue weighted by molar-refractivity contribution is 0.0714. The highest BCUT2D eigenvalue weighted by Gasteiger charge is 2.33. The number of urea groups is 1. The zero-order chi connectivity index (χ0) is 18.3. The Kier molecular flexibility index (Phi) is 4.14. The highest BCUT2D eigenvalue weighted by Crippen LogP contribution is 2.34. The first-order valence-electron chi connectivity index (χ1n) is 8.95. The monoisotopic (exact) mass is 354 g/mol. The van der Waals surface area contributed by atoms with Crippen LogP contribution in [0.25, 0.3) is 0 Å². The second-order valence-corrected chi connectivity index (χ2v) is 6.91. The van der Waals surface area contributed by atoms with Gasteiger partial charge in [0.15, 0.2) is 5.76 Å². The minimum Gasteiger partial charge on any atom is -0.359 e. The van der Waals surface area contributed by atoms with Crippen LogP contribution in [0.15, 0.2) is 28.8 Å². The predicted octanol–water partition coefficient (Wildman–Crippen LogP) is 2.80. The Morgan fingerprint density at radius 3 is 2.81 bits per heavy atom. The summed E-state index contributed by atoms with van der Waals surface area (Å²) in [6.07, 6.45) is 1.80. The molecule has 3 heterocycles. The molecule has 2 aliphatic rings. The van der Waals surface area contributed by atoms with Gasteiger partial charge in [-0.2, -0.15) is 0 Å². The third-order valence-electron chi connectivity index (χ3n) is 5.09. The molecule has 0 bridgehead atoms. The number of carbonyl (C=O) groups excluding carboxylic acids is 2. The molecule has 2 saturated heterocycles. The summed E-state index contributed by atoms with van der Waals surface area (Å²) < 4.78 is 5.40. The zero-order valence-electron chi connectivity index (χ0n) is 15.0. The second-order valence-electron chi connectivity index (χ2n) is 6.91. The molecule has 3 amide bonds. The predicted molar refractivity (Wildman–Crippen MR) is 96.2 cm³/mol. The highest BCUT2D eigenvalue weighted by molar-refractivity contribution is 5.99. The summed E-state index contributed by atoms with van der Waals surface area (Å²) >= 11 is 0. The molecule has 1 atom stereocenters. The van der Waals surface area contributed by atoms with Gasteiger partial charge < -0.3 is 14.7 Å². The van der Waals surface area contributed by atoms with Crippen LogP contribution in [0.3, 0.4) is 0 Å². The number of nitrogens with one attached hydrogen (secondary N) is 1. The Morgan fingerprint density at radius 2 is 2.12 bits per heavy atom. The molecule has 0 saturated carbocycles. The van der Waals surface area contributed by atoms with E-state index in [1.807, 2.05) is 43.0 Å². The van der Waals surface area contributed by atoms with Crippen LogP contribution < -0.4 is 10.2 Å². The molecule has 7 nitrogen and oxygen atoms in total. The number of likely N-dealkylation sites (tertiary alicyclic amines) is 1. The maximum atomic E-state index is 13.1. The van der Waals surface area contributed by atoms with E-state index >= 15 is 0 Å². The van der Waals surface area contributed by atoms with Gasteiger partial charge in [0.1, 0.15) is 0 Å². The molecule has 2 aromatic rings. The number of carbonyl (C=O) groups is 2. The van der Waals surface area contributed by atoms with Crippen LogP contribution in [0, 0.1) is 13.8 Å². The van der Waals surface area contributed by atoms with E-state index in [1.54, 1.807) is 4.90 Å². The van der Waals surface area contributed by atoms with E-state index in [2.05, 4.69) is 10.5 Å². The fourth-order valence-electron chi connectivity index (χ4n) is 3.75. The fourth-order valence-corrected chi connectivity index (χ4v) is 3.75. The molecule has 1 N–H and O–H groups in total. The molecule has 0 aliphatic carbocycles. The molecular formula is C19H22N4O3. The molecular weight excluding hydrogens is 332 g/mol. The lowest BCUT2D eigenvalue weighted by atomic mass is 10.1. The molecule has 2 aliphatic heterocycles. The number of anilines is 1. The lowest BCUT2D eigenvalue weighted by Crippen LogP contribution is -2.31. The molecule has 136 valence electrons. The van der Waals surface area contributed by atoms with Gasteiger partial charge in [0, 0.05) is 37.0 Å². The van der Waals surface area contributed by atoms with Crippen molar-refractivity contribution in [2.45, 2.75) is 32.7 Å². The maximum absolute atomic E-state index is 13.1. The van der Waals surface area contributed by atoms with Gasteiger partial charge in [0.2, 0.25) is 0 Å². The van der Waals surface area contributed by atoms with Crippen LogP contribution in [-0.4, -0.2) is 41.6 Å². The van der Waals surface area contributed by atoms with Gasteiger partial charge in [-0.15, -0.1) is 0 Å². The van der Waals surface area contributed by atoms with E-state index in [0.717, 1.165) is 35.5 Å². The summed E-state index contributed by atoms with van der Waals surface area (Å²) in [4.78, 5) is 28.7. The Bertz CT molecular complexity index is 860. The number of amides is 3.